The maximum atomic E-state index is 12.4. The fraction of sp³-hybridized carbons (Fsp3) is 0.125. The average molecular weight is 449 g/mol. The minimum atomic E-state index is -0.780. The van der Waals surface area contributed by atoms with Gasteiger partial charge in [0.05, 0.1) is 24.3 Å². The third kappa shape index (κ3) is 5.79. The van der Waals surface area contributed by atoms with Gasteiger partial charge in [-0.15, -0.1) is 0 Å². The highest BCUT2D eigenvalue weighted by atomic mass is 16.5. The topological polar surface area (TPSA) is 116 Å². The zero-order valence-electron chi connectivity index (χ0n) is 17.6. The van der Waals surface area contributed by atoms with Crippen molar-refractivity contribution in [3.05, 3.63) is 78.4 Å². The number of nitrogens with zero attached hydrogens (tertiary/aromatic N) is 1. The fourth-order valence-corrected chi connectivity index (χ4v) is 2.78. The third-order valence-corrected chi connectivity index (χ3v) is 4.37. The van der Waals surface area contributed by atoms with Gasteiger partial charge < -0.3 is 14.2 Å². The third-order valence-electron chi connectivity index (χ3n) is 4.37. The Hall–Kier alpha value is -4.53. The van der Waals surface area contributed by atoms with Gasteiger partial charge in [-0.05, 0) is 55.5 Å². The van der Waals surface area contributed by atoms with E-state index in [0.29, 0.717) is 5.69 Å². The molecule has 1 heterocycles. The first kappa shape index (κ1) is 23.1. The van der Waals surface area contributed by atoms with E-state index in [9.17, 15) is 24.0 Å². The molecule has 9 nitrogen and oxygen atoms in total. The van der Waals surface area contributed by atoms with Gasteiger partial charge in [-0.1, -0.05) is 6.58 Å². The number of amides is 2. The molecular formula is C24H19NO8. The number of hydrogen-bond donors (Lipinski definition) is 0. The average Bonchev–Trinajstić information content (AvgIpc) is 3.13. The van der Waals surface area contributed by atoms with Crippen LogP contribution in [0.3, 0.4) is 0 Å². The number of carbonyl (C=O) groups excluding carboxylic acids is 5. The van der Waals surface area contributed by atoms with Crippen molar-refractivity contribution in [2.24, 2.45) is 0 Å². The first-order valence-corrected chi connectivity index (χ1v) is 9.82. The lowest BCUT2D eigenvalue weighted by molar-refractivity contribution is -0.143. The zero-order chi connectivity index (χ0) is 24.0. The number of rotatable bonds is 8. The number of carbonyl (C=O) groups is 5. The molecule has 2 amide bonds. The summed E-state index contributed by atoms with van der Waals surface area (Å²) in [5, 5.41) is 0. The van der Waals surface area contributed by atoms with Crippen LogP contribution in [0, 0.1) is 0 Å². The van der Waals surface area contributed by atoms with E-state index in [1.54, 1.807) is 6.92 Å². The Labute approximate surface area is 188 Å². The van der Waals surface area contributed by atoms with Crippen molar-refractivity contribution < 1.29 is 38.2 Å². The smallest absolute Gasteiger partial charge is 0.343 e. The van der Waals surface area contributed by atoms with Crippen molar-refractivity contribution in [1.82, 2.24) is 0 Å². The lowest BCUT2D eigenvalue weighted by Gasteiger charge is -2.14. The van der Waals surface area contributed by atoms with E-state index in [2.05, 4.69) is 6.58 Å². The van der Waals surface area contributed by atoms with E-state index in [-0.39, 0.29) is 35.7 Å². The summed E-state index contributed by atoms with van der Waals surface area (Å²) >= 11 is 0. The molecule has 3 rings (SSSR count). The Morgan fingerprint density at radius 3 is 1.94 bits per heavy atom. The molecule has 1 aliphatic rings. The molecule has 0 saturated heterocycles. The zero-order valence-corrected chi connectivity index (χ0v) is 17.6. The maximum Gasteiger partial charge on any atom is 0.343 e. The van der Waals surface area contributed by atoms with E-state index in [1.807, 2.05) is 0 Å². The predicted octanol–water partition coefficient (Wildman–Crippen LogP) is 2.75. The van der Waals surface area contributed by atoms with Gasteiger partial charge in [0.25, 0.3) is 11.8 Å². The highest BCUT2D eigenvalue weighted by Crippen LogP contribution is 2.22. The fourth-order valence-electron chi connectivity index (χ4n) is 2.78. The van der Waals surface area contributed by atoms with Gasteiger partial charge in [0.15, 0.2) is 0 Å². The normalized spacial score (nSPS) is 12.5. The molecule has 1 aliphatic heterocycles. The standard InChI is InChI=1S/C24H19NO8/c1-3-31-22(28)14-15(2)23(29)32-18-8-10-19(11-9-18)33-24(30)16-4-6-17(7-5-16)25-20(26)12-13-21(25)27/h4-13H,2-3,14H2,1H3. The molecule has 0 unspecified atom stereocenters. The second-order valence-electron chi connectivity index (χ2n) is 6.73. The minimum Gasteiger partial charge on any atom is -0.466 e. The van der Waals surface area contributed by atoms with Gasteiger partial charge >= 0.3 is 17.9 Å². The van der Waals surface area contributed by atoms with Crippen LogP contribution in [0.1, 0.15) is 23.7 Å². The molecule has 0 bridgehead atoms. The van der Waals surface area contributed by atoms with Crippen LogP contribution in [0.2, 0.25) is 0 Å². The van der Waals surface area contributed by atoms with Gasteiger partial charge in [0.1, 0.15) is 11.5 Å². The summed E-state index contributed by atoms with van der Waals surface area (Å²) in [6, 6.07) is 11.5. The van der Waals surface area contributed by atoms with Crippen LogP contribution in [0.15, 0.2) is 72.8 Å². The Balaban J connectivity index is 1.56. The molecule has 0 aromatic heterocycles. The molecule has 2 aromatic carbocycles. The van der Waals surface area contributed by atoms with E-state index < -0.39 is 29.7 Å². The largest absolute Gasteiger partial charge is 0.466 e. The van der Waals surface area contributed by atoms with Crippen molar-refractivity contribution in [1.29, 1.82) is 0 Å². The predicted molar refractivity (Wildman–Crippen MR) is 116 cm³/mol. The van der Waals surface area contributed by atoms with Gasteiger partial charge in [-0.3, -0.25) is 14.4 Å². The quantitative estimate of drug-likeness (QED) is 0.261. The lowest BCUT2D eigenvalue weighted by Crippen LogP contribution is -2.29. The monoisotopic (exact) mass is 449 g/mol. The molecule has 168 valence electrons. The Kier molecular flexibility index (Phi) is 7.14. The first-order chi connectivity index (χ1) is 15.8. The van der Waals surface area contributed by atoms with Crippen molar-refractivity contribution in [3.8, 4) is 11.5 Å². The van der Waals surface area contributed by atoms with Crippen molar-refractivity contribution >= 4 is 35.4 Å². The second-order valence-corrected chi connectivity index (χ2v) is 6.73. The molecule has 0 spiro atoms. The summed E-state index contributed by atoms with van der Waals surface area (Å²) in [6.45, 7) is 5.36. The van der Waals surface area contributed by atoms with Crippen molar-refractivity contribution in [2.45, 2.75) is 13.3 Å². The molecule has 9 heteroatoms. The summed E-state index contributed by atoms with van der Waals surface area (Å²) in [5.41, 5.74) is 0.486. The first-order valence-electron chi connectivity index (χ1n) is 9.82. The van der Waals surface area contributed by atoms with Crippen LogP contribution in [0.4, 0.5) is 5.69 Å². The van der Waals surface area contributed by atoms with E-state index >= 15 is 0 Å². The molecule has 2 aromatic rings. The summed E-state index contributed by atoms with van der Waals surface area (Å²) < 4.78 is 15.2. The van der Waals surface area contributed by atoms with Crippen LogP contribution in [-0.2, 0) is 23.9 Å². The van der Waals surface area contributed by atoms with Crippen LogP contribution >= 0.6 is 0 Å². The van der Waals surface area contributed by atoms with E-state index in [0.717, 1.165) is 4.90 Å². The molecule has 0 N–H and O–H groups in total. The van der Waals surface area contributed by atoms with E-state index in [4.69, 9.17) is 14.2 Å². The van der Waals surface area contributed by atoms with E-state index in [1.165, 1.54) is 60.7 Å². The molecule has 0 radical (unpaired) electrons. The summed E-state index contributed by atoms with van der Waals surface area (Å²) in [5.74, 6) is -2.57. The van der Waals surface area contributed by atoms with Gasteiger partial charge in [-0.2, -0.15) is 0 Å². The molecule has 0 saturated carbocycles. The minimum absolute atomic E-state index is 0.0551. The summed E-state index contributed by atoms with van der Waals surface area (Å²) in [4.78, 5) is 60.2. The highest BCUT2D eigenvalue weighted by molar-refractivity contribution is 6.28. The second kappa shape index (κ2) is 10.2. The van der Waals surface area contributed by atoms with Gasteiger partial charge in [0.2, 0.25) is 0 Å². The van der Waals surface area contributed by atoms with Crippen LogP contribution in [0.25, 0.3) is 0 Å². The van der Waals surface area contributed by atoms with Gasteiger partial charge in [-0.25, -0.2) is 14.5 Å². The molecule has 0 aliphatic carbocycles. The van der Waals surface area contributed by atoms with Crippen molar-refractivity contribution in [2.75, 3.05) is 11.5 Å². The highest BCUT2D eigenvalue weighted by Gasteiger charge is 2.25. The van der Waals surface area contributed by atoms with Crippen LogP contribution in [0.5, 0.6) is 11.5 Å². The Morgan fingerprint density at radius 2 is 1.39 bits per heavy atom. The number of ether oxygens (including phenoxy) is 3. The number of imide groups is 1. The molecule has 33 heavy (non-hydrogen) atoms. The van der Waals surface area contributed by atoms with Gasteiger partial charge in [0, 0.05) is 17.7 Å². The number of esters is 3. The molecular weight excluding hydrogens is 430 g/mol. The molecule has 0 atom stereocenters. The summed E-state index contributed by atoms with van der Waals surface area (Å²) in [7, 11) is 0. The SMILES string of the molecule is C=C(CC(=O)OCC)C(=O)Oc1ccc(OC(=O)c2ccc(N3C(=O)C=CC3=O)cc2)cc1. The Bertz CT molecular complexity index is 1130. The Morgan fingerprint density at radius 1 is 0.848 bits per heavy atom. The van der Waals surface area contributed by atoms with Crippen molar-refractivity contribution in [3.63, 3.8) is 0 Å². The van der Waals surface area contributed by atoms with Crippen LogP contribution in [-0.4, -0.2) is 36.3 Å². The summed E-state index contributed by atoms with van der Waals surface area (Å²) in [6.07, 6.45) is 2.06. The number of hydrogen-bond acceptors (Lipinski definition) is 8. The number of benzene rings is 2. The molecule has 0 fully saturated rings. The number of anilines is 1. The maximum absolute atomic E-state index is 12.4. The van der Waals surface area contributed by atoms with Crippen LogP contribution < -0.4 is 14.4 Å². The lowest BCUT2D eigenvalue weighted by atomic mass is 10.2.